The molecule has 106 valence electrons. The summed E-state index contributed by atoms with van der Waals surface area (Å²) < 4.78 is 4.85. The van der Waals surface area contributed by atoms with Crippen molar-refractivity contribution in [2.45, 2.75) is 13.8 Å². The Hall–Kier alpha value is -2.14. The van der Waals surface area contributed by atoms with Crippen LogP contribution >= 0.6 is 11.6 Å². The summed E-state index contributed by atoms with van der Waals surface area (Å²) in [6, 6.07) is 5.92. The highest BCUT2D eigenvalue weighted by molar-refractivity contribution is 6.34. The van der Waals surface area contributed by atoms with Crippen LogP contribution in [0.15, 0.2) is 39.9 Å². The number of aliphatic imine (C=N–C) groups is 1. The lowest BCUT2D eigenvalue weighted by atomic mass is 10.2. The molecule has 0 heterocycles. The second-order valence-electron chi connectivity index (χ2n) is 3.78. The van der Waals surface area contributed by atoms with Gasteiger partial charge in [0.25, 0.3) is 0 Å². The zero-order valence-corrected chi connectivity index (χ0v) is 11.8. The fourth-order valence-corrected chi connectivity index (χ4v) is 1.45. The van der Waals surface area contributed by atoms with E-state index in [1.165, 1.54) is 30.5 Å². The number of carbonyl (C=O) groups excluding carboxylic acids is 1. The summed E-state index contributed by atoms with van der Waals surface area (Å²) in [5.41, 5.74) is 0.837. The van der Waals surface area contributed by atoms with E-state index >= 15 is 0 Å². The number of nitrogens with zero attached hydrogens (tertiary/aromatic N) is 1. The number of rotatable bonds is 5. The van der Waals surface area contributed by atoms with E-state index in [2.05, 4.69) is 4.99 Å². The summed E-state index contributed by atoms with van der Waals surface area (Å²) in [7, 11) is 0. The van der Waals surface area contributed by atoms with Crippen molar-refractivity contribution in [2.24, 2.45) is 4.99 Å². The van der Waals surface area contributed by atoms with Crippen LogP contribution in [-0.2, 0) is 9.53 Å². The maximum Gasteiger partial charge on any atom is 0.340 e. The summed E-state index contributed by atoms with van der Waals surface area (Å²) in [6.45, 7) is 3.50. The average Bonchev–Trinajstić information content (AvgIpc) is 2.39. The monoisotopic (exact) mass is 295 g/mol. The lowest BCUT2D eigenvalue weighted by Crippen LogP contribution is -2.09. The van der Waals surface area contributed by atoms with Gasteiger partial charge in [-0.1, -0.05) is 11.6 Å². The number of hydrogen-bond donors (Lipinski definition) is 1. The van der Waals surface area contributed by atoms with Crippen molar-refractivity contribution in [3.63, 3.8) is 0 Å². The normalized spacial score (nSPS) is 12.2. The van der Waals surface area contributed by atoms with Crippen molar-refractivity contribution >= 4 is 35.4 Å². The van der Waals surface area contributed by atoms with Crippen LogP contribution in [-0.4, -0.2) is 29.9 Å². The summed E-state index contributed by atoms with van der Waals surface area (Å²) in [5.74, 6) is -1.56. The first kappa shape index (κ1) is 15.9. The molecule has 0 fully saturated rings. The molecule has 0 aliphatic rings. The van der Waals surface area contributed by atoms with E-state index in [1.807, 2.05) is 0 Å². The van der Waals surface area contributed by atoms with Crippen LogP contribution in [0.1, 0.15) is 24.2 Å². The fourth-order valence-electron chi connectivity index (χ4n) is 1.32. The van der Waals surface area contributed by atoms with Gasteiger partial charge in [-0.3, -0.25) is 4.99 Å². The Morgan fingerprint density at radius 2 is 1.95 bits per heavy atom. The molecule has 0 saturated carbocycles. The van der Waals surface area contributed by atoms with Crippen molar-refractivity contribution in [3.05, 3.63) is 40.4 Å². The molecule has 0 atom stereocenters. The molecule has 6 heteroatoms. The molecule has 0 aliphatic heterocycles. The molecule has 1 aromatic rings. The Kier molecular flexibility index (Phi) is 5.93. The van der Waals surface area contributed by atoms with Gasteiger partial charge in [0, 0.05) is 11.2 Å². The van der Waals surface area contributed by atoms with Crippen molar-refractivity contribution in [1.29, 1.82) is 0 Å². The molecule has 0 bridgehead atoms. The molecule has 0 radical (unpaired) electrons. The number of hydrogen-bond acceptors (Lipinski definition) is 4. The average molecular weight is 296 g/mol. The van der Waals surface area contributed by atoms with Crippen LogP contribution in [0.2, 0.25) is 0 Å². The third-order valence-corrected chi connectivity index (χ3v) is 2.53. The Morgan fingerprint density at radius 1 is 1.35 bits per heavy atom. The van der Waals surface area contributed by atoms with Gasteiger partial charge < -0.3 is 9.84 Å². The van der Waals surface area contributed by atoms with Crippen molar-refractivity contribution in [1.82, 2.24) is 0 Å². The third-order valence-electron chi connectivity index (χ3n) is 2.32. The highest BCUT2D eigenvalue weighted by Gasteiger charge is 2.11. The lowest BCUT2D eigenvalue weighted by Gasteiger charge is -2.03. The van der Waals surface area contributed by atoms with Gasteiger partial charge in [-0.25, -0.2) is 9.59 Å². The fraction of sp³-hybridized carbons (Fsp3) is 0.214. The minimum atomic E-state index is -1.01. The molecule has 0 aromatic heterocycles. The van der Waals surface area contributed by atoms with Crippen LogP contribution in [0.3, 0.4) is 0 Å². The highest BCUT2D eigenvalue weighted by Crippen LogP contribution is 2.15. The van der Waals surface area contributed by atoms with Crippen LogP contribution in [0, 0.1) is 0 Å². The van der Waals surface area contributed by atoms with E-state index in [-0.39, 0.29) is 22.8 Å². The van der Waals surface area contributed by atoms with E-state index in [9.17, 15) is 9.59 Å². The number of ether oxygens (including phenoxy) is 1. The standard InChI is InChI=1S/C14H14ClNO4/c1-3-20-14(19)12(9(2)15)8-16-11-6-4-10(5-7-11)13(17)18/h4-8H,3H2,1-2H3,(H,17,18)/b12-9+,16-8?. The summed E-state index contributed by atoms with van der Waals surface area (Å²) in [4.78, 5) is 26.4. The maximum absolute atomic E-state index is 11.6. The minimum Gasteiger partial charge on any atom is -0.478 e. The highest BCUT2D eigenvalue weighted by atomic mass is 35.5. The number of allylic oxidation sites excluding steroid dienone is 1. The van der Waals surface area contributed by atoms with Gasteiger partial charge in [0.1, 0.15) is 0 Å². The van der Waals surface area contributed by atoms with E-state index in [0.717, 1.165) is 0 Å². The van der Waals surface area contributed by atoms with Gasteiger partial charge in [0.15, 0.2) is 0 Å². The van der Waals surface area contributed by atoms with Crippen LogP contribution in [0.25, 0.3) is 0 Å². The summed E-state index contributed by atoms with van der Waals surface area (Å²) >= 11 is 5.82. The zero-order valence-electron chi connectivity index (χ0n) is 11.1. The van der Waals surface area contributed by atoms with Crippen molar-refractivity contribution in [2.75, 3.05) is 6.61 Å². The topological polar surface area (TPSA) is 76.0 Å². The second kappa shape index (κ2) is 7.45. The number of carboxylic acid groups (broad SMARTS) is 1. The molecule has 5 nitrogen and oxygen atoms in total. The summed E-state index contributed by atoms with van der Waals surface area (Å²) in [6.07, 6.45) is 1.30. The SMILES string of the molecule is CCOC(=O)/C(C=Nc1ccc(C(=O)O)cc1)=C(\C)Cl. The number of carboxylic acids is 1. The van der Waals surface area contributed by atoms with Gasteiger partial charge in [-0.15, -0.1) is 0 Å². The van der Waals surface area contributed by atoms with Crippen LogP contribution < -0.4 is 0 Å². The Labute approximate surface area is 121 Å². The molecule has 0 spiro atoms. The largest absolute Gasteiger partial charge is 0.478 e. The smallest absolute Gasteiger partial charge is 0.340 e. The van der Waals surface area contributed by atoms with E-state index in [4.69, 9.17) is 21.4 Å². The van der Waals surface area contributed by atoms with Gasteiger partial charge in [0.2, 0.25) is 0 Å². The third kappa shape index (κ3) is 4.51. The van der Waals surface area contributed by atoms with Gasteiger partial charge >= 0.3 is 11.9 Å². The Balaban J connectivity index is 2.92. The Bertz CT molecular complexity index is 557. The van der Waals surface area contributed by atoms with Crippen LogP contribution in [0.4, 0.5) is 5.69 Å². The zero-order chi connectivity index (χ0) is 15.1. The van der Waals surface area contributed by atoms with E-state index < -0.39 is 11.9 Å². The van der Waals surface area contributed by atoms with Gasteiger partial charge in [-0.2, -0.15) is 0 Å². The molecule has 1 aromatic carbocycles. The molecule has 20 heavy (non-hydrogen) atoms. The number of halogens is 1. The molecular weight excluding hydrogens is 282 g/mol. The van der Waals surface area contributed by atoms with Crippen molar-refractivity contribution < 1.29 is 19.4 Å². The quantitative estimate of drug-likeness (QED) is 0.514. The first-order valence-electron chi connectivity index (χ1n) is 5.86. The molecular formula is C14H14ClNO4. The molecule has 0 aliphatic carbocycles. The second-order valence-corrected chi connectivity index (χ2v) is 4.34. The maximum atomic E-state index is 11.6. The Morgan fingerprint density at radius 3 is 2.40 bits per heavy atom. The first-order chi connectivity index (χ1) is 9.45. The molecule has 0 amide bonds. The number of benzene rings is 1. The van der Waals surface area contributed by atoms with E-state index in [1.54, 1.807) is 13.8 Å². The lowest BCUT2D eigenvalue weighted by molar-refractivity contribution is -0.137. The minimum absolute atomic E-state index is 0.163. The number of esters is 1. The molecule has 1 rings (SSSR count). The summed E-state index contributed by atoms with van der Waals surface area (Å²) in [5, 5.41) is 9.05. The van der Waals surface area contributed by atoms with Gasteiger partial charge in [-0.05, 0) is 38.1 Å². The van der Waals surface area contributed by atoms with Crippen molar-refractivity contribution in [3.8, 4) is 0 Å². The molecule has 0 saturated heterocycles. The molecule has 0 unspecified atom stereocenters. The van der Waals surface area contributed by atoms with E-state index in [0.29, 0.717) is 5.69 Å². The predicted molar refractivity (Wildman–Crippen MR) is 76.7 cm³/mol. The number of aromatic carboxylic acids is 1. The van der Waals surface area contributed by atoms with Gasteiger partial charge in [0.05, 0.1) is 23.4 Å². The molecule has 1 N–H and O–H groups in total. The predicted octanol–water partition coefficient (Wildman–Crippen LogP) is 3.16. The number of carbonyl (C=O) groups is 2. The van der Waals surface area contributed by atoms with Crippen LogP contribution in [0.5, 0.6) is 0 Å². The first-order valence-corrected chi connectivity index (χ1v) is 6.24.